The van der Waals surface area contributed by atoms with Gasteiger partial charge < -0.3 is 14.2 Å². The summed E-state index contributed by atoms with van der Waals surface area (Å²) in [5.41, 5.74) is 4.17. The predicted octanol–water partition coefficient (Wildman–Crippen LogP) is 5.13. The highest BCUT2D eigenvalue weighted by atomic mass is 16.6. The lowest BCUT2D eigenvalue weighted by atomic mass is 9.61. The molecule has 1 aliphatic heterocycles. The summed E-state index contributed by atoms with van der Waals surface area (Å²) in [5, 5.41) is 11.4. The Labute approximate surface area is 223 Å². The summed E-state index contributed by atoms with van der Waals surface area (Å²) in [4.78, 5) is 33.5. The van der Waals surface area contributed by atoms with Gasteiger partial charge in [-0.2, -0.15) is 5.26 Å². The maximum Gasteiger partial charge on any atom is 0.409 e. The number of ether oxygens (including phenoxy) is 1. The SMILES string of the molecule is CCOC(=O)N1CC2(Cc3cc4ccccc4cc3C(Cc3nc4c(n3CCCC#N)CCCC4)C2=O)C1. The minimum absolute atomic E-state index is 0.213. The van der Waals surface area contributed by atoms with E-state index in [9.17, 15) is 9.59 Å². The van der Waals surface area contributed by atoms with Gasteiger partial charge in [0.15, 0.2) is 5.78 Å². The van der Waals surface area contributed by atoms with E-state index in [2.05, 4.69) is 34.9 Å². The third-order valence-electron chi connectivity index (χ3n) is 8.63. The third kappa shape index (κ3) is 4.16. The number of fused-ring (bicyclic) bond motifs is 3. The van der Waals surface area contributed by atoms with Crippen LogP contribution in [0.2, 0.25) is 0 Å². The van der Waals surface area contributed by atoms with Gasteiger partial charge in [0.05, 0.1) is 29.7 Å². The fourth-order valence-corrected chi connectivity index (χ4v) is 6.82. The first-order valence-corrected chi connectivity index (χ1v) is 13.9. The quantitative estimate of drug-likeness (QED) is 0.429. The van der Waals surface area contributed by atoms with E-state index in [0.29, 0.717) is 39.0 Å². The number of ketones is 1. The molecule has 1 amide bonds. The van der Waals surface area contributed by atoms with E-state index in [-0.39, 0.29) is 17.8 Å². The van der Waals surface area contributed by atoms with Gasteiger partial charge in [-0.25, -0.2) is 9.78 Å². The summed E-state index contributed by atoms with van der Waals surface area (Å²) in [6, 6.07) is 15.0. The number of Topliss-reactive ketones (excluding diaryl/α,β-unsaturated/α-hetero) is 1. The van der Waals surface area contributed by atoms with Crippen LogP contribution in [0.5, 0.6) is 0 Å². The average Bonchev–Trinajstić information content (AvgIpc) is 3.25. The number of aromatic nitrogens is 2. The van der Waals surface area contributed by atoms with Crippen LogP contribution < -0.4 is 0 Å². The molecule has 1 saturated heterocycles. The fraction of sp³-hybridized carbons (Fsp3) is 0.484. The minimum atomic E-state index is -0.579. The first kappa shape index (κ1) is 24.7. The molecule has 0 bridgehead atoms. The van der Waals surface area contributed by atoms with Crippen molar-refractivity contribution in [3.63, 3.8) is 0 Å². The highest BCUT2D eigenvalue weighted by Gasteiger charge is 2.56. The Hall–Kier alpha value is -3.66. The Morgan fingerprint density at radius 2 is 1.95 bits per heavy atom. The molecule has 1 fully saturated rings. The molecule has 0 radical (unpaired) electrons. The summed E-state index contributed by atoms with van der Waals surface area (Å²) in [7, 11) is 0. The van der Waals surface area contributed by atoms with Gasteiger partial charge in [-0.05, 0) is 67.3 Å². The summed E-state index contributed by atoms with van der Waals surface area (Å²) < 4.78 is 7.53. The molecule has 196 valence electrons. The van der Waals surface area contributed by atoms with Crippen LogP contribution in [0.3, 0.4) is 0 Å². The maximum atomic E-state index is 14.3. The highest BCUT2D eigenvalue weighted by Crippen LogP contribution is 2.47. The molecule has 0 N–H and O–H groups in total. The largest absolute Gasteiger partial charge is 0.450 e. The molecule has 7 heteroatoms. The summed E-state index contributed by atoms with van der Waals surface area (Å²) in [5.74, 6) is 0.863. The van der Waals surface area contributed by atoms with Crippen molar-refractivity contribution in [3.05, 3.63) is 64.7 Å². The Kier molecular flexibility index (Phi) is 6.43. The van der Waals surface area contributed by atoms with Crippen LogP contribution in [0.15, 0.2) is 36.4 Å². The number of benzene rings is 2. The molecular weight excluding hydrogens is 476 g/mol. The molecule has 2 heterocycles. The molecule has 0 saturated carbocycles. The monoisotopic (exact) mass is 510 g/mol. The Morgan fingerprint density at radius 1 is 1.18 bits per heavy atom. The number of rotatable bonds is 6. The molecule has 3 aliphatic rings. The molecule has 3 aromatic rings. The van der Waals surface area contributed by atoms with Crippen LogP contribution >= 0.6 is 0 Å². The molecule has 1 unspecified atom stereocenters. The van der Waals surface area contributed by atoms with Gasteiger partial charge >= 0.3 is 6.09 Å². The van der Waals surface area contributed by atoms with Crippen LogP contribution in [0, 0.1) is 16.7 Å². The van der Waals surface area contributed by atoms with Gasteiger partial charge in [-0.1, -0.05) is 36.4 Å². The molecule has 1 atom stereocenters. The lowest BCUT2D eigenvalue weighted by molar-refractivity contribution is -0.140. The van der Waals surface area contributed by atoms with E-state index in [1.807, 2.05) is 12.1 Å². The van der Waals surface area contributed by atoms with Gasteiger partial charge in [0.1, 0.15) is 5.82 Å². The molecule has 2 aliphatic carbocycles. The zero-order chi connectivity index (χ0) is 26.3. The van der Waals surface area contributed by atoms with Crippen molar-refractivity contribution in [2.75, 3.05) is 19.7 Å². The minimum Gasteiger partial charge on any atom is -0.450 e. The van der Waals surface area contributed by atoms with Gasteiger partial charge in [0, 0.05) is 38.2 Å². The number of unbranched alkanes of at least 4 members (excludes halogenated alkanes) is 1. The van der Waals surface area contributed by atoms with E-state index in [0.717, 1.165) is 61.1 Å². The number of nitriles is 1. The van der Waals surface area contributed by atoms with Crippen LogP contribution in [0.4, 0.5) is 4.79 Å². The Morgan fingerprint density at radius 3 is 2.71 bits per heavy atom. The van der Waals surface area contributed by atoms with Gasteiger partial charge in [-0.3, -0.25) is 4.79 Å². The molecule has 1 aromatic heterocycles. The van der Waals surface area contributed by atoms with Crippen molar-refractivity contribution in [1.82, 2.24) is 14.5 Å². The topological polar surface area (TPSA) is 88.2 Å². The van der Waals surface area contributed by atoms with E-state index in [1.54, 1.807) is 11.8 Å². The summed E-state index contributed by atoms with van der Waals surface area (Å²) >= 11 is 0. The van der Waals surface area contributed by atoms with Gasteiger partial charge in [-0.15, -0.1) is 0 Å². The highest BCUT2D eigenvalue weighted by molar-refractivity contribution is 5.98. The first-order valence-electron chi connectivity index (χ1n) is 13.9. The molecule has 6 rings (SSSR count). The molecule has 7 nitrogen and oxygen atoms in total. The summed E-state index contributed by atoms with van der Waals surface area (Å²) in [6.45, 7) is 3.70. The second-order valence-corrected chi connectivity index (χ2v) is 11.1. The van der Waals surface area contributed by atoms with E-state index < -0.39 is 5.41 Å². The summed E-state index contributed by atoms with van der Waals surface area (Å²) in [6.07, 6.45) is 6.43. The standard InChI is InChI=1S/C31H34N4O3/c1-2-38-30(37)34-19-31(20-34)18-23-15-21-9-3-4-10-22(21)16-24(23)25(29(31)36)17-28-33-26-11-5-6-12-27(26)35(28)14-8-7-13-32/h3-4,9-10,15-16,25H,2,5-8,11-12,14,17-20H2,1H3. The van der Waals surface area contributed by atoms with E-state index in [4.69, 9.17) is 15.0 Å². The number of imidazole rings is 1. The molecule has 38 heavy (non-hydrogen) atoms. The maximum absolute atomic E-state index is 14.3. The van der Waals surface area contributed by atoms with Crippen molar-refractivity contribution >= 4 is 22.6 Å². The van der Waals surface area contributed by atoms with E-state index >= 15 is 0 Å². The molecular formula is C31H34N4O3. The van der Waals surface area contributed by atoms with Crippen LogP contribution in [-0.4, -0.2) is 46.0 Å². The van der Waals surface area contributed by atoms with Crippen molar-refractivity contribution < 1.29 is 14.3 Å². The van der Waals surface area contributed by atoms with Crippen LogP contribution in [-0.2, 0) is 41.8 Å². The lowest BCUT2D eigenvalue weighted by Gasteiger charge is -2.52. The molecule has 2 aromatic carbocycles. The van der Waals surface area contributed by atoms with Crippen molar-refractivity contribution in [1.29, 1.82) is 5.26 Å². The number of carbonyl (C=O) groups is 2. The Balaban J connectivity index is 1.39. The fourth-order valence-electron chi connectivity index (χ4n) is 6.82. The number of hydrogen-bond donors (Lipinski definition) is 0. The lowest BCUT2D eigenvalue weighted by Crippen LogP contribution is -2.65. The predicted molar refractivity (Wildman–Crippen MR) is 144 cm³/mol. The number of nitrogens with zero attached hydrogens (tertiary/aromatic N) is 4. The third-order valence-corrected chi connectivity index (χ3v) is 8.63. The number of hydrogen-bond acceptors (Lipinski definition) is 5. The number of aryl methyl sites for hydroxylation is 1. The number of amides is 1. The molecule has 1 spiro atoms. The second-order valence-electron chi connectivity index (χ2n) is 11.1. The Bertz CT molecular complexity index is 1440. The van der Waals surface area contributed by atoms with Crippen LogP contribution in [0.25, 0.3) is 10.8 Å². The van der Waals surface area contributed by atoms with Gasteiger partial charge in [0.25, 0.3) is 0 Å². The number of carbonyl (C=O) groups excluding carboxylic acids is 2. The van der Waals surface area contributed by atoms with Gasteiger partial charge in [0.2, 0.25) is 0 Å². The average molecular weight is 511 g/mol. The van der Waals surface area contributed by atoms with Crippen molar-refractivity contribution in [2.45, 2.75) is 70.8 Å². The van der Waals surface area contributed by atoms with E-state index in [1.165, 1.54) is 16.6 Å². The zero-order valence-electron chi connectivity index (χ0n) is 22.0. The van der Waals surface area contributed by atoms with Crippen LogP contribution in [0.1, 0.15) is 66.9 Å². The zero-order valence-corrected chi connectivity index (χ0v) is 22.0. The second kappa shape index (κ2) is 9.90. The van der Waals surface area contributed by atoms with Crippen molar-refractivity contribution in [3.8, 4) is 6.07 Å². The van der Waals surface area contributed by atoms with Crippen molar-refractivity contribution in [2.24, 2.45) is 5.41 Å². The first-order chi connectivity index (χ1) is 18.5. The smallest absolute Gasteiger partial charge is 0.409 e. The number of likely N-dealkylation sites (tertiary alicyclic amines) is 1. The normalized spacial score (nSPS) is 19.5.